The maximum Gasteiger partial charge on any atom is 0.259 e. The van der Waals surface area contributed by atoms with E-state index >= 15 is 0 Å². The molecule has 0 radical (unpaired) electrons. The Morgan fingerprint density at radius 1 is 0.846 bits per heavy atom. The maximum absolute atomic E-state index is 13.2. The molecule has 0 atom stereocenters. The molecule has 0 saturated carbocycles. The molecule has 1 heterocycles. The van der Waals surface area contributed by atoms with Crippen LogP contribution in [0.25, 0.3) is 11.1 Å². The standard InChI is InChI=1S/C23H19NO2/c1-24-20-14-13-18(26-2)15-19(20)22(23(24)25)21(16-9-5-3-6-10-16)17-11-7-4-8-12-17/h3-15H,1-2H3. The molecular weight excluding hydrogens is 322 g/mol. The summed E-state index contributed by atoms with van der Waals surface area (Å²) in [4.78, 5) is 14.9. The number of likely N-dealkylation sites (N-methyl/N-ethyl adjacent to an activating group) is 1. The molecule has 0 spiro atoms. The van der Waals surface area contributed by atoms with Crippen molar-refractivity contribution >= 4 is 22.7 Å². The summed E-state index contributed by atoms with van der Waals surface area (Å²) in [7, 11) is 3.45. The third-order valence-corrected chi connectivity index (χ3v) is 4.73. The Morgan fingerprint density at radius 3 is 1.96 bits per heavy atom. The van der Waals surface area contributed by atoms with Crippen LogP contribution in [0.15, 0.2) is 78.9 Å². The quantitative estimate of drug-likeness (QED) is 0.650. The second-order valence-corrected chi connectivity index (χ2v) is 6.23. The largest absolute Gasteiger partial charge is 0.497 e. The molecule has 0 N–H and O–H groups in total. The second kappa shape index (κ2) is 6.52. The first-order valence-electron chi connectivity index (χ1n) is 8.52. The van der Waals surface area contributed by atoms with Gasteiger partial charge in [-0.15, -0.1) is 0 Å². The fourth-order valence-corrected chi connectivity index (χ4v) is 3.43. The van der Waals surface area contributed by atoms with Crippen LogP contribution in [0, 0.1) is 0 Å². The fraction of sp³-hybridized carbons (Fsp3) is 0.0870. The van der Waals surface area contributed by atoms with Crippen LogP contribution in [-0.2, 0) is 4.79 Å². The van der Waals surface area contributed by atoms with E-state index in [2.05, 4.69) is 0 Å². The number of benzene rings is 3. The van der Waals surface area contributed by atoms with E-state index in [1.54, 1.807) is 12.0 Å². The summed E-state index contributed by atoms with van der Waals surface area (Å²) in [5, 5.41) is 0. The number of carbonyl (C=O) groups is 1. The van der Waals surface area contributed by atoms with Gasteiger partial charge in [0, 0.05) is 18.2 Å². The van der Waals surface area contributed by atoms with Crippen LogP contribution >= 0.6 is 0 Å². The first kappa shape index (κ1) is 16.2. The predicted octanol–water partition coefficient (Wildman–Crippen LogP) is 4.63. The van der Waals surface area contributed by atoms with E-state index in [1.165, 1.54) is 0 Å². The number of rotatable bonds is 3. The topological polar surface area (TPSA) is 29.5 Å². The number of carbonyl (C=O) groups excluding carboxylic acids is 1. The molecule has 26 heavy (non-hydrogen) atoms. The molecule has 0 bridgehead atoms. The number of amides is 1. The summed E-state index contributed by atoms with van der Waals surface area (Å²) in [6, 6.07) is 25.9. The third kappa shape index (κ3) is 2.58. The van der Waals surface area contributed by atoms with Gasteiger partial charge in [-0.2, -0.15) is 0 Å². The Morgan fingerprint density at radius 2 is 1.42 bits per heavy atom. The number of hydrogen-bond acceptors (Lipinski definition) is 2. The summed E-state index contributed by atoms with van der Waals surface area (Å²) < 4.78 is 5.40. The minimum absolute atomic E-state index is 0.00374. The molecule has 0 fully saturated rings. The fourth-order valence-electron chi connectivity index (χ4n) is 3.43. The van der Waals surface area contributed by atoms with Crippen molar-refractivity contribution in [1.29, 1.82) is 0 Å². The Kier molecular flexibility index (Phi) is 4.05. The molecule has 3 heteroatoms. The average molecular weight is 341 g/mol. The molecule has 3 nitrogen and oxygen atoms in total. The molecule has 0 aliphatic carbocycles. The Labute approximate surface area is 153 Å². The van der Waals surface area contributed by atoms with Crippen LogP contribution in [0.4, 0.5) is 5.69 Å². The van der Waals surface area contributed by atoms with Crippen LogP contribution in [0.2, 0.25) is 0 Å². The summed E-state index contributed by atoms with van der Waals surface area (Å²) in [5.74, 6) is 0.737. The highest BCUT2D eigenvalue weighted by Gasteiger charge is 2.33. The molecule has 0 aromatic heterocycles. The first-order valence-corrected chi connectivity index (χ1v) is 8.52. The van der Waals surface area contributed by atoms with E-state index in [0.717, 1.165) is 33.7 Å². The monoisotopic (exact) mass is 341 g/mol. The van der Waals surface area contributed by atoms with Crippen LogP contribution in [0.5, 0.6) is 5.75 Å². The number of anilines is 1. The Bertz CT molecular complexity index is 950. The number of hydrogen-bond donors (Lipinski definition) is 0. The van der Waals surface area contributed by atoms with Crippen molar-refractivity contribution in [2.75, 3.05) is 19.1 Å². The molecular formula is C23H19NO2. The third-order valence-electron chi connectivity index (χ3n) is 4.73. The number of nitrogens with zero attached hydrogens (tertiary/aromatic N) is 1. The molecule has 128 valence electrons. The smallest absolute Gasteiger partial charge is 0.259 e. The summed E-state index contributed by atoms with van der Waals surface area (Å²) in [6.45, 7) is 0. The van der Waals surface area contributed by atoms with E-state index in [9.17, 15) is 4.79 Å². The summed E-state index contributed by atoms with van der Waals surface area (Å²) in [5.41, 5.74) is 5.49. The molecule has 4 rings (SSSR count). The van der Waals surface area contributed by atoms with Crippen LogP contribution in [-0.4, -0.2) is 20.1 Å². The highest BCUT2D eigenvalue weighted by atomic mass is 16.5. The van der Waals surface area contributed by atoms with Gasteiger partial charge in [-0.25, -0.2) is 0 Å². The van der Waals surface area contributed by atoms with Gasteiger partial charge in [-0.05, 0) is 29.3 Å². The minimum atomic E-state index is -0.00374. The van der Waals surface area contributed by atoms with E-state index in [1.807, 2.05) is 85.9 Å². The van der Waals surface area contributed by atoms with Crippen molar-refractivity contribution in [3.05, 3.63) is 95.6 Å². The van der Waals surface area contributed by atoms with Crippen LogP contribution < -0.4 is 9.64 Å². The van der Waals surface area contributed by atoms with Crippen LogP contribution in [0.3, 0.4) is 0 Å². The number of fused-ring (bicyclic) bond motifs is 1. The van der Waals surface area contributed by atoms with Gasteiger partial charge in [0.05, 0.1) is 18.4 Å². The molecule has 1 amide bonds. The second-order valence-electron chi connectivity index (χ2n) is 6.23. The van der Waals surface area contributed by atoms with Gasteiger partial charge in [-0.3, -0.25) is 4.79 Å². The lowest BCUT2D eigenvalue weighted by Crippen LogP contribution is -2.20. The zero-order chi connectivity index (χ0) is 18.1. The molecule has 3 aromatic rings. The van der Waals surface area contributed by atoms with Crippen LogP contribution in [0.1, 0.15) is 16.7 Å². The SMILES string of the molecule is COc1ccc2c(c1)C(=C(c1ccccc1)c1ccccc1)C(=O)N2C. The molecule has 3 aromatic carbocycles. The maximum atomic E-state index is 13.2. The minimum Gasteiger partial charge on any atom is -0.497 e. The van der Waals surface area contributed by atoms with Gasteiger partial charge < -0.3 is 9.64 Å². The zero-order valence-electron chi connectivity index (χ0n) is 14.8. The molecule has 0 saturated heterocycles. The molecule has 1 aliphatic rings. The van der Waals surface area contributed by atoms with Crippen molar-refractivity contribution in [3.8, 4) is 5.75 Å². The Balaban J connectivity index is 2.07. The normalized spacial score (nSPS) is 12.9. The van der Waals surface area contributed by atoms with Gasteiger partial charge >= 0.3 is 0 Å². The van der Waals surface area contributed by atoms with E-state index < -0.39 is 0 Å². The van der Waals surface area contributed by atoms with E-state index in [4.69, 9.17) is 4.74 Å². The zero-order valence-corrected chi connectivity index (χ0v) is 14.8. The Hall–Kier alpha value is -3.33. The van der Waals surface area contributed by atoms with E-state index in [-0.39, 0.29) is 5.91 Å². The highest BCUT2D eigenvalue weighted by molar-refractivity contribution is 6.38. The highest BCUT2D eigenvalue weighted by Crippen LogP contribution is 2.43. The van der Waals surface area contributed by atoms with Crippen molar-refractivity contribution < 1.29 is 9.53 Å². The van der Waals surface area contributed by atoms with Gasteiger partial charge in [0.25, 0.3) is 5.91 Å². The van der Waals surface area contributed by atoms with Crippen molar-refractivity contribution in [1.82, 2.24) is 0 Å². The van der Waals surface area contributed by atoms with Crippen molar-refractivity contribution in [2.24, 2.45) is 0 Å². The van der Waals surface area contributed by atoms with Gasteiger partial charge in [-0.1, -0.05) is 60.7 Å². The average Bonchev–Trinajstić information content (AvgIpc) is 2.94. The van der Waals surface area contributed by atoms with E-state index in [0.29, 0.717) is 5.57 Å². The lowest BCUT2D eigenvalue weighted by molar-refractivity contribution is -0.112. The van der Waals surface area contributed by atoms with Gasteiger partial charge in [0.15, 0.2) is 0 Å². The van der Waals surface area contributed by atoms with Gasteiger partial charge in [0.2, 0.25) is 0 Å². The van der Waals surface area contributed by atoms with Crippen molar-refractivity contribution in [3.63, 3.8) is 0 Å². The van der Waals surface area contributed by atoms with Crippen molar-refractivity contribution in [2.45, 2.75) is 0 Å². The molecule has 0 unspecified atom stereocenters. The van der Waals surface area contributed by atoms with Gasteiger partial charge in [0.1, 0.15) is 5.75 Å². The molecule has 1 aliphatic heterocycles. The number of methoxy groups -OCH3 is 1. The summed E-state index contributed by atoms with van der Waals surface area (Å²) in [6.07, 6.45) is 0. The lowest BCUT2D eigenvalue weighted by atomic mass is 9.90. The lowest BCUT2D eigenvalue weighted by Gasteiger charge is -2.13. The predicted molar refractivity (Wildman–Crippen MR) is 105 cm³/mol. The number of ether oxygens (including phenoxy) is 1. The summed E-state index contributed by atoms with van der Waals surface area (Å²) >= 11 is 0. The first-order chi connectivity index (χ1) is 12.7.